The molecule has 0 radical (unpaired) electrons. The summed E-state index contributed by atoms with van der Waals surface area (Å²) in [4.78, 5) is 30.3. The van der Waals surface area contributed by atoms with E-state index < -0.39 is 6.61 Å². The van der Waals surface area contributed by atoms with Crippen LogP contribution in [0.5, 0.6) is 11.5 Å². The Kier molecular flexibility index (Phi) is 6.17. The molecule has 1 aromatic carbocycles. The summed E-state index contributed by atoms with van der Waals surface area (Å²) in [6.07, 6.45) is 5.67. The molecule has 162 valence electrons. The maximum atomic E-state index is 12.9. The quantitative estimate of drug-likeness (QED) is 0.643. The molecule has 1 N–H and O–H groups in total. The SMILES string of the molecule is COc1cccc(CN2CCc3nc(-c4cnccn4)[nH]c(=O)c3CC2)c1OC(F)F. The number of para-hydroxylation sites is 1. The zero-order chi connectivity index (χ0) is 21.8. The number of aromatic nitrogens is 4. The second kappa shape index (κ2) is 9.17. The van der Waals surface area contributed by atoms with E-state index in [9.17, 15) is 13.6 Å². The topological polar surface area (TPSA) is 93.2 Å². The van der Waals surface area contributed by atoms with Crippen molar-refractivity contribution in [2.45, 2.75) is 26.0 Å². The number of nitrogens with one attached hydrogen (secondary N) is 1. The monoisotopic (exact) mass is 429 g/mol. The zero-order valence-corrected chi connectivity index (χ0v) is 16.8. The van der Waals surface area contributed by atoms with Crippen LogP contribution in [0.25, 0.3) is 11.5 Å². The minimum absolute atomic E-state index is 0.0303. The number of hydrogen-bond donors (Lipinski definition) is 1. The molecule has 0 unspecified atom stereocenters. The van der Waals surface area contributed by atoms with Crippen molar-refractivity contribution in [2.24, 2.45) is 0 Å². The fourth-order valence-corrected chi connectivity index (χ4v) is 3.67. The van der Waals surface area contributed by atoms with Gasteiger partial charge in [-0.2, -0.15) is 8.78 Å². The van der Waals surface area contributed by atoms with Crippen LogP contribution in [-0.4, -0.2) is 51.6 Å². The highest BCUT2D eigenvalue weighted by Crippen LogP contribution is 2.33. The van der Waals surface area contributed by atoms with E-state index in [4.69, 9.17) is 9.47 Å². The van der Waals surface area contributed by atoms with Crippen LogP contribution in [0, 0.1) is 0 Å². The van der Waals surface area contributed by atoms with E-state index in [-0.39, 0.29) is 17.1 Å². The number of nitrogens with zero attached hydrogens (tertiary/aromatic N) is 4. The summed E-state index contributed by atoms with van der Waals surface area (Å²) in [5.41, 5.74) is 2.23. The van der Waals surface area contributed by atoms with Crippen molar-refractivity contribution in [2.75, 3.05) is 20.2 Å². The van der Waals surface area contributed by atoms with Gasteiger partial charge in [-0.3, -0.25) is 14.7 Å². The van der Waals surface area contributed by atoms with Gasteiger partial charge in [0.15, 0.2) is 17.3 Å². The number of halogens is 2. The van der Waals surface area contributed by atoms with E-state index in [1.165, 1.54) is 13.3 Å². The van der Waals surface area contributed by atoms with Crippen LogP contribution in [-0.2, 0) is 19.4 Å². The van der Waals surface area contributed by atoms with E-state index in [1.54, 1.807) is 30.6 Å². The van der Waals surface area contributed by atoms with Crippen LogP contribution in [0.2, 0.25) is 0 Å². The molecule has 0 saturated heterocycles. The van der Waals surface area contributed by atoms with Gasteiger partial charge in [-0.15, -0.1) is 0 Å². The molecule has 0 amide bonds. The first-order valence-electron chi connectivity index (χ1n) is 9.76. The van der Waals surface area contributed by atoms with Gasteiger partial charge in [0.25, 0.3) is 5.56 Å². The first-order chi connectivity index (χ1) is 15.0. The molecular formula is C21H21F2N5O3. The number of H-pyrrole nitrogens is 1. The number of alkyl halides is 2. The molecule has 1 aliphatic rings. The van der Waals surface area contributed by atoms with E-state index in [1.807, 2.05) is 0 Å². The van der Waals surface area contributed by atoms with Crippen LogP contribution in [0.15, 0.2) is 41.6 Å². The minimum Gasteiger partial charge on any atom is -0.493 e. The molecule has 0 saturated carbocycles. The standard InChI is InChI=1S/C21H21F2N5O3/c1-30-17-4-2-3-13(18(17)31-21(22)23)12-28-9-5-14-15(6-10-28)26-19(27-20(14)29)16-11-24-7-8-25-16/h2-4,7-8,11,21H,5-6,9-10,12H2,1H3,(H,26,27,29). The molecule has 8 nitrogen and oxygen atoms in total. The summed E-state index contributed by atoms with van der Waals surface area (Å²) in [5, 5.41) is 0. The van der Waals surface area contributed by atoms with Crippen molar-refractivity contribution in [3.63, 3.8) is 0 Å². The highest BCUT2D eigenvalue weighted by molar-refractivity contribution is 5.48. The Bertz CT molecular complexity index is 1110. The van der Waals surface area contributed by atoms with Crippen molar-refractivity contribution in [1.82, 2.24) is 24.8 Å². The average molecular weight is 429 g/mol. The largest absolute Gasteiger partial charge is 0.493 e. The molecular weight excluding hydrogens is 408 g/mol. The zero-order valence-electron chi connectivity index (χ0n) is 16.8. The molecule has 0 atom stereocenters. The first kappa shape index (κ1) is 20.9. The molecule has 4 rings (SSSR count). The molecule has 2 aromatic heterocycles. The highest BCUT2D eigenvalue weighted by atomic mass is 19.3. The highest BCUT2D eigenvalue weighted by Gasteiger charge is 2.22. The van der Waals surface area contributed by atoms with E-state index in [0.717, 1.165) is 0 Å². The normalized spacial score (nSPS) is 14.2. The average Bonchev–Trinajstić information content (AvgIpc) is 2.98. The Balaban J connectivity index is 1.56. The Morgan fingerprint density at radius 2 is 2.06 bits per heavy atom. The van der Waals surface area contributed by atoms with Crippen molar-refractivity contribution >= 4 is 0 Å². The van der Waals surface area contributed by atoms with Crippen molar-refractivity contribution in [3.8, 4) is 23.0 Å². The summed E-state index contributed by atoms with van der Waals surface area (Å²) in [7, 11) is 1.41. The summed E-state index contributed by atoms with van der Waals surface area (Å²) in [6.45, 7) is -1.39. The van der Waals surface area contributed by atoms with Gasteiger partial charge in [0.1, 0.15) is 5.69 Å². The van der Waals surface area contributed by atoms with Gasteiger partial charge in [0.05, 0.1) is 19.0 Å². The third kappa shape index (κ3) is 4.69. The van der Waals surface area contributed by atoms with Crippen molar-refractivity contribution in [1.29, 1.82) is 0 Å². The predicted octanol–water partition coefficient (Wildman–Crippen LogP) is 2.44. The molecule has 3 heterocycles. The fourth-order valence-electron chi connectivity index (χ4n) is 3.67. The Labute approximate surface area is 176 Å². The molecule has 31 heavy (non-hydrogen) atoms. The van der Waals surface area contributed by atoms with E-state index in [0.29, 0.717) is 60.8 Å². The first-order valence-corrected chi connectivity index (χ1v) is 9.76. The molecule has 0 aliphatic carbocycles. The third-order valence-electron chi connectivity index (χ3n) is 5.13. The molecule has 10 heteroatoms. The Hall–Kier alpha value is -3.40. The van der Waals surface area contributed by atoms with Gasteiger partial charge in [-0.05, 0) is 12.5 Å². The smallest absolute Gasteiger partial charge is 0.387 e. The van der Waals surface area contributed by atoms with Gasteiger partial charge in [0, 0.05) is 49.6 Å². The van der Waals surface area contributed by atoms with Crippen LogP contribution < -0.4 is 15.0 Å². The lowest BCUT2D eigenvalue weighted by Crippen LogP contribution is -2.26. The van der Waals surface area contributed by atoms with Crippen LogP contribution in [0.1, 0.15) is 16.8 Å². The number of methoxy groups -OCH3 is 1. The van der Waals surface area contributed by atoms with E-state index in [2.05, 4.69) is 24.8 Å². The molecule has 0 fully saturated rings. The van der Waals surface area contributed by atoms with E-state index >= 15 is 0 Å². The maximum Gasteiger partial charge on any atom is 0.387 e. The minimum atomic E-state index is -2.95. The summed E-state index contributed by atoms with van der Waals surface area (Å²) < 4.78 is 35.7. The van der Waals surface area contributed by atoms with Gasteiger partial charge in [-0.1, -0.05) is 12.1 Å². The lowest BCUT2D eigenvalue weighted by molar-refractivity contribution is -0.0521. The predicted molar refractivity (Wildman–Crippen MR) is 108 cm³/mol. The second-order valence-corrected chi connectivity index (χ2v) is 7.03. The van der Waals surface area contributed by atoms with Crippen LogP contribution in [0.4, 0.5) is 8.78 Å². The number of ether oxygens (including phenoxy) is 2. The lowest BCUT2D eigenvalue weighted by Gasteiger charge is -2.22. The summed E-state index contributed by atoms with van der Waals surface area (Å²) in [6, 6.07) is 5.05. The van der Waals surface area contributed by atoms with Crippen LogP contribution in [0.3, 0.4) is 0 Å². The van der Waals surface area contributed by atoms with Gasteiger partial charge in [-0.25, -0.2) is 9.97 Å². The number of hydrogen-bond acceptors (Lipinski definition) is 7. The van der Waals surface area contributed by atoms with Gasteiger partial charge >= 0.3 is 6.61 Å². The molecule has 1 aliphatic heterocycles. The Morgan fingerprint density at radius 3 is 2.81 bits per heavy atom. The van der Waals surface area contributed by atoms with Crippen molar-refractivity contribution in [3.05, 3.63) is 64.0 Å². The third-order valence-corrected chi connectivity index (χ3v) is 5.13. The second-order valence-electron chi connectivity index (χ2n) is 7.03. The van der Waals surface area contributed by atoms with Gasteiger partial charge < -0.3 is 14.5 Å². The summed E-state index contributed by atoms with van der Waals surface area (Å²) >= 11 is 0. The molecule has 3 aromatic rings. The maximum absolute atomic E-state index is 12.9. The van der Waals surface area contributed by atoms with Crippen LogP contribution >= 0.6 is 0 Å². The van der Waals surface area contributed by atoms with Gasteiger partial charge in [0.2, 0.25) is 0 Å². The molecule has 0 spiro atoms. The lowest BCUT2D eigenvalue weighted by atomic mass is 10.1. The number of benzene rings is 1. The molecule has 0 bridgehead atoms. The summed E-state index contributed by atoms with van der Waals surface area (Å²) in [5.74, 6) is 0.663. The Morgan fingerprint density at radius 1 is 1.23 bits per heavy atom. The van der Waals surface area contributed by atoms with Crippen molar-refractivity contribution < 1.29 is 18.3 Å². The number of aromatic amines is 1. The number of fused-ring (bicyclic) bond motifs is 1. The number of rotatable bonds is 6. The fraction of sp³-hybridized carbons (Fsp3) is 0.333.